The lowest BCUT2D eigenvalue weighted by Gasteiger charge is -2.22. The molecule has 7 nitrogen and oxygen atoms in total. The Morgan fingerprint density at radius 3 is 2.70 bits per heavy atom. The van der Waals surface area contributed by atoms with E-state index in [1.54, 1.807) is 33.2 Å². The molecule has 132 valence electrons. The number of amides is 1. The SMILES string of the molecule is CC(C)(C)OC(=O)NCC(F)(F)CNCc1cnn(CCO)c1. The highest BCUT2D eigenvalue weighted by Crippen LogP contribution is 2.12. The fourth-order valence-electron chi connectivity index (χ4n) is 1.69. The molecule has 0 saturated heterocycles. The molecule has 0 aliphatic rings. The highest BCUT2D eigenvalue weighted by Gasteiger charge is 2.30. The average molecular weight is 334 g/mol. The first kappa shape index (κ1) is 19.3. The van der Waals surface area contributed by atoms with Gasteiger partial charge in [-0.05, 0) is 20.8 Å². The second-order valence-corrected chi connectivity index (χ2v) is 6.15. The summed E-state index contributed by atoms with van der Waals surface area (Å²) in [5.74, 6) is -3.10. The Kier molecular flexibility index (Phi) is 6.89. The number of carbonyl (C=O) groups excluding carboxylic acids is 1. The van der Waals surface area contributed by atoms with E-state index < -0.39 is 30.7 Å². The third-order valence-corrected chi connectivity index (χ3v) is 2.62. The first-order valence-electron chi connectivity index (χ1n) is 7.29. The van der Waals surface area contributed by atoms with Gasteiger partial charge in [-0.2, -0.15) is 5.10 Å². The Morgan fingerprint density at radius 2 is 2.09 bits per heavy atom. The van der Waals surface area contributed by atoms with E-state index in [1.807, 2.05) is 0 Å². The van der Waals surface area contributed by atoms with Gasteiger partial charge in [-0.25, -0.2) is 13.6 Å². The highest BCUT2D eigenvalue weighted by atomic mass is 19.3. The van der Waals surface area contributed by atoms with Crippen molar-refractivity contribution in [2.75, 3.05) is 19.7 Å². The molecule has 1 aromatic heterocycles. The number of ether oxygens (including phenoxy) is 1. The van der Waals surface area contributed by atoms with Crippen LogP contribution in [0.25, 0.3) is 0 Å². The van der Waals surface area contributed by atoms with Gasteiger partial charge in [0.15, 0.2) is 0 Å². The average Bonchev–Trinajstić information content (AvgIpc) is 2.83. The maximum Gasteiger partial charge on any atom is 0.407 e. The van der Waals surface area contributed by atoms with Gasteiger partial charge in [-0.15, -0.1) is 0 Å². The van der Waals surface area contributed by atoms with Crippen LogP contribution in [-0.4, -0.2) is 52.2 Å². The zero-order chi connectivity index (χ0) is 17.5. The normalized spacial score (nSPS) is 12.3. The number of hydrogen-bond acceptors (Lipinski definition) is 5. The van der Waals surface area contributed by atoms with E-state index in [2.05, 4.69) is 15.7 Å². The molecule has 9 heteroatoms. The molecule has 0 atom stereocenters. The molecular formula is C14H24F2N4O3. The molecule has 0 aromatic carbocycles. The maximum atomic E-state index is 13.7. The van der Waals surface area contributed by atoms with Gasteiger partial charge in [0, 0.05) is 18.3 Å². The van der Waals surface area contributed by atoms with Crippen LogP contribution < -0.4 is 10.6 Å². The molecular weight excluding hydrogens is 310 g/mol. The van der Waals surface area contributed by atoms with E-state index in [0.717, 1.165) is 5.56 Å². The van der Waals surface area contributed by atoms with Crippen molar-refractivity contribution < 1.29 is 23.4 Å². The van der Waals surface area contributed by atoms with Crippen molar-refractivity contribution in [1.29, 1.82) is 0 Å². The third-order valence-electron chi connectivity index (χ3n) is 2.62. The lowest BCUT2D eigenvalue weighted by molar-refractivity contribution is -0.00376. The van der Waals surface area contributed by atoms with Crippen molar-refractivity contribution in [3.8, 4) is 0 Å². The zero-order valence-corrected chi connectivity index (χ0v) is 13.6. The summed E-state index contributed by atoms with van der Waals surface area (Å²) >= 11 is 0. The molecule has 1 heterocycles. The first-order chi connectivity index (χ1) is 10.6. The number of halogens is 2. The van der Waals surface area contributed by atoms with Crippen LogP contribution in [0.5, 0.6) is 0 Å². The van der Waals surface area contributed by atoms with Crippen molar-refractivity contribution in [1.82, 2.24) is 20.4 Å². The fourth-order valence-corrected chi connectivity index (χ4v) is 1.69. The Labute approximate surface area is 134 Å². The summed E-state index contributed by atoms with van der Waals surface area (Å²) in [5.41, 5.74) is 0.00106. The van der Waals surface area contributed by atoms with Crippen molar-refractivity contribution >= 4 is 6.09 Å². The third kappa shape index (κ3) is 8.46. The second-order valence-electron chi connectivity index (χ2n) is 6.15. The Morgan fingerprint density at radius 1 is 1.39 bits per heavy atom. The highest BCUT2D eigenvalue weighted by molar-refractivity contribution is 5.67. The van der Waals surface area contributed by atoms with Crippen LogP contribution in [0.4, 0.5) is 13.6 Å². The standard InChI is InChI=1S/C14H24F2N4O3/c1-13(2,3)23-12(22)18-10-14(15,16)9-17-6-11-7-19-20(8-11)4-5-21/h7-8,17,21H,4-6,9-10H2,1-3H3,(H,18,22). The molecule has 0 bridgehead atoms. The van der Waals surface area contributed by atoms with Crippen LogP contribution >= 0.6 is 0 Å². The van der Waals surface area contributed by atoms with Crippen LogP contribution in [0.15, 0.2) is 12.4 Å². The molecule has 1 aromatic rings. The van der Waals surface area contributed by atoms with E-state index in [1.165, 1.54) is 4.68 Å². The van der Waals surface area contributed by atoms with Gasteiger partial charge in [0.1, 0.15) is 5.60 Å². The molecule has 0 aliphatic heterocycles. The summed E-state index contributed by atoms with van der Waals surface area (Å²) in [6.07, 6.45) is 2.34. The van der Waals surface area contributed by atoms with Crippen molar-refractivity contribution in [2.45, 2.75) is 45.4 Å². The molecule has 0 spiro atoms. The van der Waals surface area contributed by atoms with E-state index in [-0.39, 0.29) is 13.2 Å². The zero-order valence-electron chi connectivity index (χ0n) is 13.6. The molecule has 1 rings (SSSR count). The van der Waals surface area contributed by atoms with Crippen LogP contribution in [0, 0.1) is 0 Å². The molecule has 0 radical (unpaired) electrons. The molecule has 3 N–H and O–H groups in total. The summed E-state index contributed by atoms with van der Waals surface area (Å²) in [6.45, 7) is 4.11. The maximum absolute atomic E-state index is 13.7. The number of nitrogens with one attached hydrogen (secondary N) is 2. The summed E-state index contributed by atoms with van der Waals surface area (Å²) in [4.78, 5) is 11.3. The number of nitrogens with zero attached hydrogens (tertiary/aromatic N) is 2. The van der Waals surface area contributed by atoms with E-state index in [9.17, 15) is 13.6 Å². The lowest BCUT2D eigenvalue weighted by Crippen LogP contribution is -2.44. The van der Waals surface area contributed by atoms with Gasteiger partial charge < -0.3 is 20.5 Å². The number of alkyl halides is 2. The second kappa shape index (κ2) is 8.21. The smallest absolute Gasteiger partial charge is 0.407 e. The van der Waals surface area contributed by atoms with Gasteiger partial charge in [-0.1, -0.05) is 0 Å². The van der Waals surface area contributed by atoms with Crippen LogP contribution in [0.1, 0.15) is 26.3 Å². The minimum atomic E-state index is -3.10. The van der Waals surface area contributed by atoms with Crippen molar-refractivity contribution in [3.05, 3.63) is 18.0 Å². The molecule has 0 aliphatic carbocycles. The van der Waals surface area contributed by atoms with Crippen LogP contribution in [-0.2, 0) is 17.8 Å². The number of aliphatic hydroxyl groups is 1. The quantitative estimate of drug-likeness (QED) is 0.663. The molecule has 1 amide bonds. The van der Waals surface area contributed by atoms with Crippen molar-refractivity contribution in [3.63, 3.8) is 0 Å². The van der Waals surface area contributed by atoms with Crippen molar-refractivity contribution in [2.24, 2.45) is 0 Å². The van der Waals surface area contributed by atoms with E-state index in [4.69, 9.17) is 9.84 Å². The minimum absolute atomic E-state index is 0.0387. The Hall–Kier alpha value is -1.74. The summed E-state index contributed by atoms with van der Waals surface area (Å²) in [6, 6.07) is 0. The number of aromatic nitrogens is 2. The van der Waals surface area contributed by atoms with Gasteiger partial charge >= 0.3 is 6.09 Å². The Balaban J connectivity index is 2.30. The predicted molar refractivity (Wildman–Crippen MR) is 80.2 cm³/mol. The monoisotopic (exact) mass is 334 g/mol. The van der Waals surface area contributed by atoms with E-state index in [0.29, 0.717) is 6.54 Å². The minimum Gasteiger partial charge on any atom is -0.444 e. The molecule has 23 heavy (non-hydrogen) atoms. The first-order valence-corrected chi connectivity index (χ1v) is 7.29. The van der Waals surface area contributed by atoms with Gasteiger partial charge in [-0.3, -0.25) is 4.68 Å². The molecule has 0 fully saturated rings. The van der Waals surface area contributed by atoms with Gasteiger partial charge in [0.2, 0.25) is 0 Å². The fraction of sp³-hybridized carbons (Fsp3) is 0.714. The number of hydrogen-bond donors (Lipinski definition) is 3. The Bertz CT molecular complexity index is 500. The van der Waals surface area contributed by atoms with Gasteiger partial charge in [0.05, 0.1) is 32.4 Å². The van der Waals surface area contributed by atoms with Gasteiger partial charge in [0.25, 0.3) is 5.92 Å². The number of aliphatic hydroxyl groups excluding tert-OH is 1. The summed E-state index contributed by atoms with van der Waals surface area (Å²) < 4.78 is 33.7. The largest absolute Gasteiger partial charge is 0.444 e. The van der Waals surface area contributed by atoms with E-state index >= 15 is 0 Å². The van der Waals surface area contributed by atoms with Crippen LogP contribution in [0.2, 0.25) is 0 Å². The number of alkyl carbamates (subject to hydrolysis) is 1. The predicted octanol–water partition coefficient (Wildman–Crippen LogP) is 1.12. The lowest BCUT2D eigenvalue weighted by atomic mass is 10.2. The summed E-state index contributed by atoms with van der Waals surface area (Å²) in [5, 5.41) is 17.4. The number of rotatable bonds is 8. The molecule has 0 unspecified atom stereocenters. The van der Waals surface area contributed by atoms with Crippen LogP contribution in [0.3, 0.4) is 0 Å². The topological polar surface area (TPSA) is 88.4 Å². The molecule has 0 saturated carbocycles. The summed E-state index contributed by atoms with van der Waals surface area (Å²) in [7, 11) is 0. The number of carbonyl (C=O) groups is 1.